The molecule has 3 aliphatic rings. The number of carbonyl (C=O) groups excluding carboxylic acids is 5. The van der Waals surface area contributed by atoms with Gasteiger partial charge in [0.15, 0.2) is 34.7 Å². The average Bonchev–Trinajstić information content (AvgIpc) is 2.80. The molecule has 0 aliphatic heterocycles. The van der Waals surface area contributed by atoms with Crippen LogP contribution >= 0.6 is 0 Å². The fourth-order valence-corrected chi connectivity index (χ4v) is 6.58. The van der Waals surface area contributed by atoms with Crippen molar-refractivity contribution >= 4 is 29.0 Å². The van der Waals surface area contributed by atoms with Gasteiger partial charge >= 0.3 is 0 Å². The maximum Gasteiger partial charge on any atom is 0.235 e. The van der Waals surface area contributed by atoms with Crippen LogP contribution in [0.5, 0.6) is 5.75 Å². The Kier molecular flexibility index (Phi) is 5.84. The van der Waals surface area contributed by atoms with E-state index < -0.39 is 81.7 Å². The van der Waals surface area contributed by atoms with Gasteiger partial charge < -0.3 is 15.9 Å². The minimum absolute atomic E-state index is 0.0201. The van der Waals surface area contributed by atoms with Crippen molar-refractivity contribution in [3.05, 3.63) is 53.1 Å². The summed E-state index contributed by atoms with van der Waals surface area (Å²) >= 11 is 0. The molecule has 3 aliphatic carbocycles. The lowest BCUT2D eigenvalue weighted by atomic mass is 9.52. The van der Waals surface area contributed by atoms with Gasteiger partial charge in [-0.25, -0.2) is 8.78 Å². The number of phenolic OH excluding ortho intramolecular Hbond substituents is 1. The Morgan fingerprint density at radius 1 is 1.05 bits per heavy atom. The van der Waals surface area contributed by atoms with Gasteiger partial charge in [0.2, 0.25) is 5.91 Å². The van der Waals surface area contributed by atoms with Gasteiger partial charge in [0.25, 0.3) is 0 Å². The number of aliphatic hydroxyl groups is 1. The van der Waals surface area contributed by atoms with Crippen molar-refractivity contribution in [1.82, 2.24) is 4.90 Å². The second kappa shape index (κ2) is 8.60. The monoisotopic (exact) mass is 526 g/mol. The van der Waals surface area contributed by atoms with Crippen LogP contribution < -0.4 is 5.73 Å². The maximum absolute atomic E-state index is 14.0. The molecular weight excluding hydrogens is 502 g/mol. The van der Waals surface area contributed by atoms with Crippen molar-refractivity contribution in [2.75, 3.05) is 14.1 Å². The van der Waals surface area contributed by atoms with Gasteiger partial charge in [-0.2, -0.15) is 0 Å². The van der Waals surface area contributed by atoms with Crippen LogP contribution in [0.15, 0.2) is 30.3 Å². The molecule has 2 unspecified atom stereocenters. The van der Waals surface area contributed by atoms with Gasteiger partial charge in [0.05, 0.1) is 17.5 Å². The highest BCUT2D eigenvalue weighted by Gasteiger charge is 2.69. The van der Waals surface area contributed by atoms with E-state index >= 15 is 0 Å². The van der Waals surface area contributed by atoms with Gasteiger partial charge in [0, 0.05) is 12.0 Å². The molecule has 2 aromatic carbocycles. The Morgan fingerprint density at radius 2 is 1.68 bits per heavy atom. The number of hydrogen-bond donors (Lipinski definition) is 3. The van der Waals surface area contributed by atoms with Crippen LogP contribution in [0.4, 0.5) is 8.78 Å². The summed E-state index contributed by atoms with van der Waals surface area (Å²) < 4.78 is 28.0. The number of fused-ring (bicyclic) bond motifs is 3. The Bertz CT molecular complexity index is 1430. The summed E-state index contributed by atoms with van der Waals surface area (Å²) in [6.07, 6.45) is -0.149. The lowest BCUT2D eigenvalue weighted by Crippen LogP contribution is -2.74. The van der Waals surface area contributed by atoms with Crippen LogP contribution in [-0.4, -0.2) is 69.9 Å². The smallest absolute Gasteiger partial charge is 0.235 e. The third kappa shape index (κ3) is 3.45. The number of ketones is 4. The molecule has 1 amide bonds. The first-order valence-corrected chi connectivity index (χ1v) is 11.9. The summed E-state index contributed by atoms with van der Waals surface area (Å²) in [6, 6.07) is 4.18. The third-order valence-electron chi connectivity index (χ3n) is 8.12. The van der Waals surface area contributed by atoms with Crippen molar-refractivity contribution in [3.63, 3.8) is 0 Å². The number of nitrogens with zero attached hydrogens (tertiary/aromatic N) is 1. The highest BCUT2D eigenvalue weighted by atomic mass is 19.1. The summed E-state index contributed by atoms with van der Waals surface area (Å²) in [7, 11) is 2.98. The Morgan fingerprint density at radius 3 is 2.26 bits per heavy atom. The molecule has 0 bridgehead atoms. The lowest BCUT2D eigenvalue weighted by Gasteiger charge is -2.52. The highest BCUT2D eigenvalue weighted by Crippen LogP contribution is 2.51. The number of aromatic hydroxyl groups is 1. The number of carbonyl (C=O) groups is 5. The summed E-state index contributed by atoms with van der Waals surface area (Å²) in [4.78, 5) is 67.3. The molecule has 0 heterocycles. The summed E-state index contributed by atoms with van der Waals surface area (Å²) in [6.45, 7) is 0. The topological polar surface area (TPSA) is 155 Å². The van der Waals surface area contributed by atoms with E-state index in [9.17, 15) is 43.0 Å². The maximum atomic E-state index is 14.0. The average molecular weight is 526 g/mol. The number of amides is 1. The van der Waals surface area contributed by atoms with Crippen LogP contribution in [0.25, 0.3) is 11.1 Å². The van der Waals surface area contributed by atoms with E-state index in [-0.39, 0.29) is 35.1 Å². The van der Waals surface area contributed by atoms with E-state index in [2.05, 4.69) is 0 Å². The molecule has 9 nitrogen and oxygen atoms in total. The normalized spacial score (nSPS) is 30.6. The molecule has 2 saturated carbocycles. The second-order valence-electron chi connectivity index (χ2n) is 10.4. The summed E-state index contributed by atoms with van der Waals surface area (Å²) in [5.74, 6) is -13.4. The van der Waals surface area contributed by atoms with Gasteiger partial charge in [-0.15, -0.1) is 0 Å². The molecule has 38 heavy (non-hydrogen) atoms. The largest absolute Gasteiger partial charge is 0.507 e. The Labute approximate surface area is 215 Å². The molecule has 198 valence electrons. The first kappa shape index (κ1) is 25.8. The molecule has 0 radical (unpaired) electrons. The van der Waals surface area contributed by atoms with Gasteiger partial charge in [-0.1, -0.05) is 6.07 Å². The quantitative estimate of drug-likeness (QED) is 0.497. The number of benzene rings is 2. The molecule has 0 aromatic heterocycles. The number of primary amides is 1. The van der Waals surface area contributed by atoms with Gasteiger partial charge in [-0.3, -0.25) is 28.9 Å². The van der Waals surface area contributed by atoms with Crippen LogP contribution in [0.2, 0.25) is 0 Å². The SMILES string of the molecule is CN(C)[C@H]1C(=O)C(C(N)=O)C(=O)[C@]2(O)C(=O)C3C(=O)c4c(O)ccc(-c5cc(F)cc(F)c5)c4C[C@@H]3C[C@H]12. The molecule has 2 aromatic rings. The van der Waals surface area contributed by atoms with Crippen molar-refractivity contribution in [1.29, 1.82) is 0 Å². The number of Topliss-reactive ketones (excluding diaryl/α,β-unsaturated/α-hetero) is 4. The van der Waals surface area contributed by atoms with Gasteiger partial charge in [-0.05, 0) is 67.7 Å². The zero-order valence-corrected chi connectivity index (χ0v) is 20.4. The number of hydrogen-bond acceptors (Lipinski definition) is 8. The predicted octanol–water partition coefficient (Wildman–Crippen LogP) is 0.812. The molecule has 2 fully saturated rings. The van der Waals surface area contributed by atoms with E-state index in [1.807, 2.05) is 0 Å². The highest BCUT2D eigenvalue weighted by molar-refractivity contribution is 6.32. The molecular formula is C27H24F2N2O7. The Balaban J connectivity index is 1.67. The fourth-order valence-electron chi connectivity index (χ4n) is 6.58. The van der Waals surface area contributed by atoms with Crippen molar-refractivity contribution < 1.29 is 43.0 Å². The van der Waals surface area contributed by atoms with Crippen molar-refractivity contribution in [3.8, 4) is 16.9 Å². The van der Waals surface area contributed by atoms with Crippen LogP contribution in [0.3, 0.4) is 0 Å². The molecule has 4 N–H and O–H groups in total. The zero-order chi connectivity index (χ0) is 27.8. The van der Waals surface area contributed by atoms with E-state index in [0.29, 0.717) is 6.07 Å². The fraction of sp³-hybridized carbons (Fsp3) is 0.370. The van der Waals surface area contributed by atoms with Gasteiger partial charge in [0.1, 0.15) is 17.4 Å². The van der Waals surface area contributed by atoms with Crippen LogP contribution in [0.1, 0.15) is 22.3 Å². The zero-order valence-electron chi connectivity index (χ0n) is 20.4. The molecule has 0 saturated heterocycles. The van der Waals surface area contributed by atoms with Crippen LogP contribution in [0, 0.1) is 35.3 Å². The molecule has 5 rings (SSSR count). The number of likely N-dealkylation sites (N-methyl/N-ethyl adjacent to an activating group) is 1. The minimum Gasteiger partial charge on any atom is -0.507 e. The number of phenols is 1. The van der Waals surface area contributed by atoms with Crippen LogP contribution in [-0.2, 0) is 25.6 Å². The van der Waals surface area contributed by atoms with E-state index in [1.54, 1.807) is 0 Å². The second-order valence-corrected chi connectivity index (χ2v) is 10.4. The van der Waals surface area contributed by atoms with E-state index in [4.69, 9.17) is 5.73 Å². The number of rotatable bonds is 3. The third-order valence-corrected chi connectivity index (χ3v) is 8.12. The minimum atomic E-state index is -2.82. The first-order valence-electron chi connectivity index (χ1n) is 11.9. The molecule has 0 spiro atoms. The predicted molar refractivity (Wildman–Crippen MR) is 127 cm³/mol. The number of nitrogens with two attached hydrogens (primary N) is 1. The standard InChI is InChI=1S/C27H24F2N2O7/c1-31(2)21-16-8-11-7-15-14(10-5-12(28)9-13(29)6-10)3-4-17(32)19(15)22(33)18(11)24(35)27(16,38)25(36)20(23(21)34)26(30)37/h3-6,9,11,16,18,20-21,32,38H,7-8H2,1-2H3,(H2,30,37)/t11-,16-,18?,20?,21-,27-/m1/s1. The van der Waals surface area contributed by atoms with E-state index in [1.165, 1.54) is 25.1 Å². The van der Waals surface area contributed by atoms with Crippen molar-refractivity contribution in [2.45, 2.75) is 24.5 Å². The summed E-state index contributed by atoms with van der Waals surface area (Å²) in [5.41, 5.74) is 2.86. The van der Waals surface area contributed by atoms with Crippen molar-refractivity contribution in [2.24, 2.45) is 29.4 Å². The Hall–Kier alpha value is -3.83. The van der Waals surface area contributed by atoms with E-state index in [0.717, 1.165) is 18.2 Å². The number of halogens is 2. The molecule has 11 heteroatoms. The molecule has 6 atom stereocenters. The first-order chi connectivity index (χ1) is 17.8. The summed E-state index contributed by atoms with van der Waals surface area (Å²) in [5, 5.41) is 22.1. The lowest BCUT2D eigenvalue weighted by molar-refractivity contribution is -0.181.